The van der Waals surface area contributed by atoms with E-state index in [1.54, 1.807) is 11.3 Å². The fraction of sp³-hybridized carbons (Fsp3) is 0.167. The molecule has 0 aliphatic carbocycles. The van der Waals surface area contributed by atoms with Crippen LogP contribution >= 0.6 is 11.3 Å². The monoisotopic (exact) mass is 190 g/mol. The Balaban J connectivity index is 2.48. The van der Waals surface area contributed by atoms with E-state index < -0.39 is 0 Å². The molecule has 0 nitrogen and oxygen atoms in total. The van der Waals surface area contributed by atoms with Crippen molar-refractivity contribution in [1.82, 2.24) is 0 Å². The zero-order valence-electron chi connectivity index (χ0n) is 7.92. The number of thiophene rings is 1. The number of rotatable bonds is 4. The molecule has 0 saturated heterocycles. The second-order valence-electron chi connectivity index (χ2n) is 3.07. The molecular formula is C12H14S. The molecule has 1 aromatic rings. The predicted octanol–water partition coefficient (Wildman–Crippen LogP) is 4.28. The molecular weight excluding hydrogens is 176 g/mol. The van der Waals surface area contributed by atoms with Gasteiger partial charge in [-0.1, -0.05) is 30.9 Å². The third-order valence-electron chi connectivity index (χ3n) is 1.70. The van der Waals surface area contributed by atoms with Crippen LogP contribution in [0.2, 0.25) is 0 Å². The summed E-state index contributed by atoms with van der Waals surface area (Å²) in [5, 5.41) is 4.19. The molecule has 0 unspecified atom stereocenters. The highest BCUT2D eigenvalue weighted by molar-refractivity contribution is 7.08. The van der Waals surface area contributed by atoms with Crippen molar-refractivity contribution < 1.29 is 0 Å². The second kappa shape index (κ2) is 4.83. The summed E-state index contributed by atoms with van der Waals surface area (Å²) in [6, 6.07) is 2.10. The van der Waals surface area contributed by atoms with E-state index in [1.165, 1.54) is 11.1 Å². The minimum absolute atomic E-state index is 0.906. The van der Waals surface area contributed by atoms with Gasteiger partial charge in [0.05, 0.1) is 0 Å². The number of hydrogen-bond donors (Lipinski definition) is 0. The van der Waals surface area contributed by atoms with Gasteiger partial charge in [0.2, 0.25) is 0 Å². The topological polar surface area (TPSA) is 0 Å². The Morgan fingerprint density at radius 2 is 2.31 bits per heavy atom. The van der Waals surface area contributed by atoms with Gasteiger partial charge in [-0.3, -0.25) is 0 Å². The summed E-state index contributed by atoms with van der Waals surface area (Å²) in [7, 11) is 0. The van der Waals surface area contributed by atoms with E-state index in [-0.39, 0.29) is 0 Å². The average Bonchev–Trinajstić information content (AvgIpc) is 2.55. The zero-order chi connectivity index (χ0) is 9.68. The largest absolute Gasteiger partial charge is 0.152 e. The molecule has 0 aromatic carbocycles. The van der Waals surface area contributed by atoms with Gasteiger partial charge in [0, 0.05) is 0 Å². The lowest BCUT2D eigenvalue weighted by Crippen LogP contribution is -1.75. The van der Waals surface area contributed by atoms with Gasteiger partial charge in [0.1, 0.15) is 0 Å². The summed E-state index contributed by atoms with van der Waals surface area (Å²) in [6.07, 6.45) is 5.03. The van der Waals surface area contributed by atoms with Crippen LogP contribution in [0.4, 0.5) is 0 Å². The van der Waals surface area contributed by atoms with E-state index in [0.29, 0.717) is 0 Å². The van der Waals surface area contributed by atoms with Crippen molar-refractivity contribution in [3.8, 4) is 0 Å². The minimum atomic E-state index is 0.906. The first kappa shape index (κ1) is 10.0. The van der Waals surface area contributed by atoms with Crippen molar-refractivity contribution in [2.24, 2.45) is 0 Å². The van der Waals surface area contributed by atoms with Crippen LogP contribution in [0.5, 0.6) is 0 Å². The van der Waals surface area contributed by atoms with E-state index in [4.69, 9.17) is 0 Å². The molecule has 1 heteroatoms. The highest BCUT2D eigenvalue weighted by Crippen LogP contribution is 2.19. The maximum Gasteiger partial charge on any atom is -0.00181 e. The summed E-state index contributed by atoms with van der Waals surface area (Å²) in [6.45, 7) is 9.81. The Hall–Kier alpha value is -1.08. The first-order valence-electron chi connectivity index (χ1n) is 4.22. The van der Waals surface area contributed by atoms with Gasteiger partial charge in [-0.15, -0.1) is 0 Å². The lowest BCUT2D eigenvalue weighted by Gasteiger charge is -1.97. The van der Waals surface area contributed by atoms with Crippen molar-refractivity contribution in [1.29, 1.82) is 0 Å². The Morgan fingerprint density at radius 1 is 1.54 bits per heavy atom. The normalized spacial score (nSPS) is 10.5. The molecule has 0 aliphatic rings. The van der Waals surface area contributed by atoms with Gasteiger partial charge in [-0.05, 0) is 41.3 Å². The standard InChI is InChI=1S/C12H14S/c1-10(2)5-4-6-11(3)12-7-8-13-9-12/h4-5,7-9H,1,3,6H2,2H3. The highest BCUT2D eigenvalue weighted by atomic mass is 32.1. The molecule has 0 fully saturated rings. The van der Waals surface area contributed by atoms with Gasteiger partial charge in [0.25, 0.3) is 0 Å². The summed E-state index contributed by atoms with van der Waals surface area (Å²) in [4.78, 5) is 0. The molecule has 68 valence electrons. The van der Waals surface area contributed by atoms with Crippen molar-refractivity contribution in [3.63, 3.8) is 0 Å². The van der Waals surface area contributed by atoms with Crippen molar-refractivity contribution in [3.05, 3.63) is 53.3 Å². The van der Waals surface area contributed by atoms with Crippen LogP contribution in [0.15, 0.2) is 47.7 Å². The first-order chi connectivity index (χ1) is 6.20. The first-order valence-corrected chi connectivity index (χ1v) is 5.17. The van der Waals surface area contributed by atoms with Crippen LogP contribution in [0, 0.1) is 0 Å². The van der Waals surface area contributed by atoms with Crippen LogP contribution in [0.25, 0.3) is 5.57 Å². The molecule has 0 saturated carbocycles. The summed E-state index contributed by atoms with van der Waals surface area (Å²) >= 11 is 1.71. The Labute approximate surface area is 83.9 Å². The van der Waals surface area contributed by atoms with Gasteiger partial charge in [-0.25, -0.2) is 0 Å². The molecule has 1 aromatic heterocycles. The zero-order valence-corrected chi connectivity index (χ0v) is 8.73. The fourth-order valence-electron chi connectivity index (χ4n) is 0.986. The van der Waals surface area contributed by atoms with E-state index >= 15 is 0 Å². The van der Waals surface area contributed by atoms with Gasteiger partial charge in [0.15, 0.2) is 0 Å². The van der Waals surface area contributed by atoms with Gasteiger partial charge < -0.3 is 0 Å². The van der Waals surface area contributed by atoms with Crippen molar-refractivity contribution in [2.75, 3.05) is 0 Å². The van der Waals surface area contributed by atoms with E-state index in [0.717, 1.165) is 12.0 Å². The van der Waals surface area contributed by atoms with E-state index in [9.17, 15) is 0 Å². The smallest absolute Gasteiger partial charge is 0.00181 e. The Morgan fingerprint density at radius 3 is 2.85 bits per heavy atom. The van der Waals surface area contributed by atoms with Crippen LogP contribution in [0.3, 0.4) is 0 Å². The quantitative estimate of drug-likeness (QED) is 0.621. The maximum atomic E-state index is 4.02. The van der Waals surface area contributed by atoms with Crippen LogP contribution < -0.4 is 0 Å². The van der Waals surface area contributed by atoms with E-state index in [1.807, 2.05) is 13.0 Å². The Bertz CT molecular complexity index is 315. The Kier molecular flexibility index (Phi) is 3.71. The van der Waals surface area contributed by atoms with Gasteiger partial charge >= 0.3 is 0 Å². The summed E-state index contributed by atoms with van der Waals surface area (Å²) in [5.41, 5.74) is 3.49. The van der Waals surface area contributed by atoms with Crippen LogP contribution in [-0.4, -0.2) is 0 Å². The second-order valence-corrected chi connectivity index (χ2v) is 3.85. The molecule has 1 heterocycles. The molecule has 0 bridgehead atoms. The number of hydrogen-bond acceptors (Lipinski definition) is 1. The molecule has 0 spiro atoms. The maximum absolute atomic E-state index is 4.02. The highest BCUT2D eigenvalue weighted by Gasteiger charge is 1.95. The van der Waals surface area contributed by atoms with Crippen molar-refractivity contribution >= 4 is 16.9 Å². The fourth-order valence-corrected chi connectivity index (χ4v) is 1.68. The number of allylic oxidation sites excluding steroid dienone is 4. The summed E-state index contributed by atoms with van der Waals surface area (Å²) < 4.78 is 0. The third-order valence-corrected chi connectivity index (χ3v) is 2.38. The lowest BCUT2D eigenvalue weighted by molar-refractivity contribution is 1.39. The SMILES string of the molecule is C=C(C)C=CCC(=C)c1ccsc1. The predicted molar refractivity (Wildman–Crippen MR) is 61.9 cm³/mol. The molecule has 0 amide bonds. The molecule has 0 N–H and O–H groups in total. The molecule has 0 radical (unpaired) electrons. The molecule has 1 rings (SSSR count). The molecule has 0 atom stereocenters. The molecule has 13 heavy (non-hydrogen) atoms. The van der Waals surface area contributed by atoms with Crippen molar-refractivity contribution in [2.45, 2.75) is 13.3 Å². The summed E-state index contributed by atoms with van der Waals surface area (Å²) in [5.74, 6) is 0. The van der Waals surface area contributed by atoms with E-state index in [2.05, 4.69) is 36.1 Å². The van der Waals surface area contributed by atoms with Crippen LogP contribution in [-0.2, 0) is 0 Å². The lowest BCUT2D eigenvalue weighted by atomic mass is 10.1. The average molecular weight is 190 g/mol. The molecule has 0 aliphatic heterocycles. The minimum Gasteiger partial charge on any atom is -0.152 e. The third kappa shape index (κ3) is 3.43. The van der Waals surface area contributed by atoms with Gasteiger partial charge in [-0.2, -0.15) is 11.3 Å². The van der Waals surface area contributed by atoms with Crippen LogP contribution in [0.1, 0.15) is 18.9 Å².